The van der Waals surface area contributed by atoms with E-state index in [-0.39, 0.29) is 0 Å². The van der Waals surface area contributed by atoms with Gasteiger partial charge in [-0.2, -0.15) is 0 Å². The van der Waals surface area contributed by atoms with Crippen LogP contribution in [0.4, 0.5) is 0 Å². The fourth-order valence-corrected chi connectivity index (χ4v) is 2.39. The summed E-state index contributed by atoms with van der Waals surface area (Å²) in [5, 5.41) is 0. The molecule has 22 heavy (non-hydrogen) atoms. The highest BCUT2D eigenvalue weighted by molar-refractivity contribution is 6.25. The Bertz CT molecular complexity index is 644. The van der Waals surface area contributed by atoms with Crippen molar-refractivity contribution in [2.24, 2.45) is 4.99 Å². The van der Waals surface area contributed by atoms with Crippen LogP contribution in [0.1, 0.15) is 19.4 Å². The maximum Gasteiger partial charge on any atom is 0.398 e. The lowest BCUT2D eigenvalue weighted by atomic mass is 9.98. The molecular weight excluding hydrogens is 286 g/mol. The topological polar surface area (TPSA) is 74.2 Å². The number of rotatable bonds is 3. The van der Waals surface area contributed by atoms with E-state index < -0.39 is 17.7 Å². The van der Waals surface area contributed by atoms with Crippen LogP contribution in [0.15, 0.2) is 41.1 Å². The number of allylic oxidation sites excluding steroid dienone is 2. The molecule has 1 aromatic carbocycles. The number of benzene rings is 1. The smallest absolute Gasteiger partial charge is 0.398 e. The molecule has 0 saturated heterocycles. The van der Waals surface area contributed by atoms with Crippen LogP contribution in [0.5, 0.6) is 0 Å². The summed E-state index contributed by atoms with van der Waals surface area (Å²) in [4.78, 5) is 28.2. The Morgan fingerprint density at radius 1 is 1.05 bits per heavy atom. The minimum absolute atomic E-state index is 0.398. The number of hydrogen-bond acceptors (Lipinski definition) is 6. The van der Waals surface area contributed by atoms with Crippen LogP contribution in [0, 0.1) is 0 Å². The van der Waals surface area contributed by atoms with Gasteiger partial charge in [-0.3, -0.25) is 0 Å². The van der Waals surface area contributed by atoms with E-state index >= 15 is 0 Å². The normalized spacial score (nSPS) is 16.5. The first-order valence-electron chi connectivity index (χ1n) is 6.65. The monoisotopic (exact) mass is 303 g/mol. The van der Waals surface area contributed by atoms with Gasteiger partial charge in [0, 0.05) is 11.3 Å². The Morgan fingerprint density at radius 2 is 1.59 bits per heavy atom. The van der Waals surface area contributed by atoms with Gasteiger partial charge in [-0.05, 0) is 19.4 Å². The van der Waals surface area contributed by atoms with Gasteiger partial charge in [0.1, 0.15) is 5.76 Å². The summed E-state index contributed by atoms with van der Waals surface area (Å²) in [6.45, 7) is 3.37. The molecule has 0 radical (unpaired) electrons. The van der Waals surface area contributed by atoms with Crippen molar-refractivity contribution in [1.82, 2.24) is 0 Å². The molecule has 0 spiro atoms. The molecule has 0 amide bonds. The van der Waals surface area contributed by atoms with Crippen LogP contribution in [0.2, 0.25) is 0 Å². The van der Waals surface area contributed by atoms with Crippen LogP contribution < -0.4 is 0 Å². The van der Waals surface area contributed by atoms with Crippen molar-refractivity contribution in [2.45, 2.75) is 19.6 Å². The number of nitrogens with zero attached hydrogens (tertiary/aromatic N) is 1. The van der Waals surface area contributed by atoms with Crippen LogP contribution in [0.3, 0.4) is 0 Å². The van der Waals surface area contributed by atoms with Gasteiger partial charge in [0.15, 0.2) is 0 Å². The maximum atomic E-state index is 12.0. The first-order chi connectivity index (χ1) is 10.5. The van der Waals surface area contributed by atoms with E-state index in [0.29, 0.717) is 11.5 Å². The lowest BCUT2D eigenvalue weighted by Crippen LogP contribution is -2.50. The summed E-state index contributed by atoms with van der Waals surface area (Å²) in [7, 11) is 2.32. The molecule has 0 unspecified atom stereocenters. The molecular formula is C16H17NO5. The lowest BCUT2D eigenvalue weighted by molar-refractivity contribution is -0.181. The number of hydrogen-bond donors (Lipinski definition) is 0. The second-order valence-electron chi connectivity index (χ2n) is 4.72. The Kier molecular flexibility index (Phi) is 4.30. The van der Waals surface area contributed by atoms with Crippen molar-refractivity contribution >= 4 is 23.2 Å². The van der Waals surface area contributed by atoms with E-state index in [9.17, 15) is 9.59 Å². The van der Waals surface area contributed by atoms with Crippen molar-refractivity contribution in [2.75, 3.05) is 14.2 Å². The minimum atomic E-state index is -2.14. The van der Waals surface area contributed by atoms with Crippen molar-refractivity contribution in [3.8, 4) is 0 Å². The molecule has 0 saturated carbocycles. The first-order valence-corrected chi connectivity index (χ1v) is 6.65. The minimum Gasteiger partial charge on any atom is -0.464 e. The number of carbonyl (C=O) groups is 2. The molecule has 0 N–H and O–H groups in total. The van der Waals surface area contributed by atoms with Gasteiger partial charge in [-0.25, -0.2) is 14.6 Å². The fourth-order valence-electron chi connectivity index (χ4n) is 2.39. The van der Waals surface area contributed by atoms with Crippen LogP contribution >= 0.6 is 0 Å². The molecule has 0 bridgehead atoms. The van der Waals surface area contributed by atoms with E-state index in [0.717, 1.165) is 25.4 Å². The van der Waals surface area contributed by atoms with E-state index in [1.807, 2.05) is 30.3 Å². The summed E-state index contributed by atoms with van der Waals surface area (Å²) in [5.74, 6) is -1.45. The Labute approximate surface area is 128 Å². The maximum absolute atomic E-state index is 12.0. The number of carbonyl (C=O) groups excluding carboxylic acids is 2. The molecule has 1 aromatic rings. The quantitative estimate of drug-likeness (QED) is 0.630. The molecule has 2 rings (SSSR count). The second kappa shape index (κ2) is 6.01. The summed E-state index contributed by atoms with van der Waals surface area (Å²) < 4.78 is 14.9. The zero-order chi connectivity index (χ0) is 16.3. The standard InChI is InChI=1S/C16H17NO5/c1-10-13(12-8-6-5-7-9-12)11(2)22-16(17-10,14(18)20-3)15(19)21-4/h5-9H,1-4H3. The van der Waals surface area contributed by atoms with Gasteiger partial charge in [0.25, 0.3) is 0 Å². The summed E-state index contributed by atoms with van der Waals surface area (Å²) >= 11 is 0. The van der Waals surface area contributed by atoms with E-state index in [4.69, 9.17) is 4.74 Å². The molecule has 0 fully saturated rings. The molecule has 116 valence electrons. The van der Waals surface area contributed by atoms with Gasteiger partial charge in [0.05, 0.1) is 14.2 Å². The highest BCUT2D eigenvalue weighted by Gasteiger charge is 2.54. The number of ether oxygens (including phenoxy) is 3. The molecule has 6 heteroatoms. The van der Waals surface area contributed by atoms with Crippen LogP contribution in [-0.4, -0.2) is 37.6 Å². The van der Waals surface area contributed by atoms with Gasteiger partial charge in [-0.1, -0.05) is 30.3 Å². The lowest BCUT2D eigenvalue weighted by Gasteiger charge is -2.31. The summed E-state index contributed by atoms with van der Waals surface area (Å²) in [5.41, 5.74) is -0.0463. The Balaban J connectivity index is 2.54. The third-order valence-corrected chi connectivity index (χ3v) is 3.33. The first kappa shape index (κ1) is 15.8. The van der Waals surface area contributed by atoms with Gasteiger partial charge >= 0.3 is 17.7 Å². The summed E-state index contributed by atoms with van der Waals surface area (Å²) in [6.07, 6.45) is 0. The third kappa shape index (κ3) is 2.47. The SMILES string of the molecule is COC(=O)C1(C(=O)OC)N=C(C)C(c2ccccc2)=C(C)O1. The van der Waals surface area contributed by atoms with Crippen molar-refractivity contribution in [3.63, 3.8) is 0 Å². The average molecular weight is 303 g/mol. The van der Waals surface area contributed by atoms with E-state index in [1.165, 1.54) is 0 Å². The highest BCUT2D eigenvalue weighted by Crippen LogP contribution is 2.33. The number of aliphatic imine (C=N–C) groups is 1. The molecule has 1 aliphatic rings. The molecule has 1 aliphatic heterocycles. The van der Waals surface area contributed by atoms with E-state index in [2.05, 4.69) is 14.5 Å². The largest absolute Gasteiger partial charge is 0.464 e. The second-order valence-corrected chi connectivity index (χ2v) is 4.72. The predicted molar refractivity (Wildman–Crippen MR) is 80.0 cm³/mol. The average Bonchev–Trinajstić information content (AvgIpc) is 2.53. The number of esters is 2. The molecule has 6 nitrogen and oxygen atoms in total. The fraction of sp³-hybridized carbons (Fsp3) is 0.312. The van der Waals surface area contributed by atoms with Crippen molar-refractivity contribution in [1.29, 1.82) is 0 Å². The zero-order valence-corrected chi connectivity index (χ0v) is 12.9. The van der Waals surface area contributed by atoms with Crippen molar-refractivity contribution in [3.05, 3.63) is 41.7 Å². The summed E-state index contributed by atoms with van der Waals surface area (Å²) in [6, 6.07) is 9.44. The highest BCUT2D eigenvalue weighted by atomic mass is 16.6. The Hall–Kier alpha value is -2.63. The molecule has 1 heterocycles. The third-order valence-electron chi connectivity index (χ3n) is 3.33. The van der Waals surface area contributed by atoms with E-state index in [1.54, 1.807) is 13.8 Å². The van der Waals surface area contributed by atoms with Crippen molar-refractivity contribution < 1.29 is 23.8 Å². The molecule has 0 atom stereocenters. The zero-order valence-electron chi connectivity index (χ0n) is 12.9. The molecule has 0 aliphatic carbocycles. The Morgan fingerprint density at radius 3 is 2.05 bits per heavy atom. The van der Waals surface area contributed by atoms with Gasteiger partial charge in [0.2, 0.25) is 0 Å². The molecule has 0 aromatic heterocycles. The van der Waals surface area contributed by atoms with Gasteiger partial charge in [-0.15, -0.1) is 0 Å². The predicted octanol–water partition coefficient (Wildman–Crippen LogP) is 1.95. The number of methoxy groups -OCH3 is 2. The van der Waals surface area contributed by atoms with Gasteiger partial charge < -0.3 is 14.2 Å². The van der Waals surface area contributed by atoms with Crippen LogP contribution in [0.25, 0.3) is 5.57 Å². The van der Waals surface area contributed by atoms with Crippen LogP contribution in [-0.2, 0) is 23.8 Å².